The SMILES string of the molecule is CN(CC(=O)OCC(=O)c1ccc2c(c1)OCO2)c1ncccn1. The molecule has 0 fully saturated rings. The number of aromatic nitrogens is 2. The normalized spacial score (nSPS) is 11.9. The number of likely N-dealkylation sites (N-methyl/N-ethyl adjacent to an activating group) is 1. The Hall–Kier alpha value is -3.16. The first-order valence-electron chi connectivity index (χ1n) is 7.20. The summed E-state index contributed by atoms with van der Waals surface area (Å²) >= 11 is 0. The van der Waals surface area contributed by atoms with E-state index in [4.69, 9.17) is 14.2 Å². The lowest BCUT2D eigenvalue weighted by Crippen LogP contribution is -2.29. The Bertz CT molecular complexity index is 751. The number of rotatable bonds is 6. The van der Waals surface area contributed by atoms with Crippen LogP contribution in [0.15, 0.2) is 36.7 Å². The molecule has 2 heterocycles. The zero-order chi connectivity index (χ0) is 16.9. The van der Waals surface area contributed by atoms with Crippen LogP contribution in [0.2, 0.25) is 0 Å². The molecule has 0 atom stereocenters. The Kier molecular flexibility index (Phi) is 4.55. The molecule has 2 aromatic rings. The molecule has 0 radical (unpaired) electrons. The highest BCUT2D eigenvalue weighted by molar-refractivity contribution is 5.98. The van der Waals surface area contributed by atoms with Crippen molar-refractivity contribution in [1.82, 2.24) is 9.97 Å². The van der Waals surface area contributed by atoms with Gasteiger partial charge in [-0.1, -0.05) is 0 Å². The van der Waals surface area contributed by atoms with E-state index in [2.05, 4.69) is 9.97 Å². The zero-order valence-corrected chi connectivity index (χ0v) is 13.0. The minimum atomic E-state index is -0.543. The fourth-order valence-electron chi connectivity index (χ4n) is 2.10. The Labute approximate surface area is 138 Å². The second-order valence-electron chi connectivity index (χ2n) is 5.06. The van der Waals surface area contributed by atoms with Crippen molar-refractivity contribution < 1.29 is 23.8 Å². The third-order valence-corrected chi connectivity index (χ3v) is 3.32. The molecule has 0 N–H and O–H groups in total. The summed E-state index contributed by atoms with van der Waals surface area (Å²) < 4.78 is 15.4. The van der Waals surface area contributed by atoms with Gasteiger partial charge in [-0.3, -0.25) is 9.59 Å². The summed E-state index contributed by atoms with van der Waals surface area (Å²) in [6.07, 6.45) is 3.15. The molecule has 24 heavy (non-hydrogen) atoms. The Balaban J connectivity index is 1.51. The number of Topliss-reactive ketones (excluding diaryl/α,β-unsaturated/α-hetero) is 1. The van der Waals surface area contributed by atoms with Gasteiger partial charge < -0.3 is 19.1 Å². The number of esters is 1. The van der Waals surface area contributed by atoms with E-state index in [1.807, 2.05) is 0 Å². The number of hydrogen-bond acceptors (Lipinski definition) is 8. The van der Waals surface area contributed by atoms with Gasteiger partial charge in [0, 0.05) is 25.0 Å². The standard InChI is InChI=1S/C16H15N3O5/c1-19(16-17-5-2-6-18-16)8-15(21)22-9-12(20)11-3-4-13-14(7-11)24-10-23-13/h2-7H,8-10H2,1H3. The summed E-state index contributed by atoms with van der Waals surface area (Å²) in [5.41, 5.74) is 0.395. The highest BCUT2D eigenvalue weighted by Crippen LogP contribution is 2.32. The first-order chi connectivity index (χ1) is 11.6. The van der Waals surface area contributed by atoms with Crippen molar-refractivity contribution in [1.29, 1.82) is 0 Å². The average Bonchev–Trinajstić information content (AvgIpc) is 3.08. The molecule has 8 nitrogen and oxygen atoms in total. The quantitative estimate of drug-likeness (QED) is 0.574. The lowest BCUT2D eigenvalue weighted by molar-refractivity contribution is -0.140. The van der Waals surface area contributed by atoms with Gasteiger partial charge in [0.15, 0.2) is 23.9 Å². The number of hydrogen-bond donors (Lipinski definition) is 0. The maximum atomic E-state index is 12.1. The zero-order valence-electron chi connectivity index (χ0n) is 13.0. The predicted molar refractivity (Wildman–Crippen MR) is 83.2 cm³/mol. The second-order valence-corrected chi connectivity index (χ2v) is 5.06. The van der Waals surface area contributed by atoms with Crippen LogP contribution in [0.1, 0.15) is 10.4 Å². The molecule has 3 rings (SSSR count). The van der Waals surface area contributed by atoms with Gasteiger partial charge in [0.2, 0.25) is 12.7 Å². The third-order valence-electron chi connectivity index (χ3n) is 3.32. The van der Waals surface area contributed by atoms with E-state index in [9.17, 15) is 9.59 Å². The highest BCUT2D eigenvalue weighted by atomic mass is 16.7. The third kappa shape index (κ3) is 3.60. The summed E-state index contributed by atoms with van der Waals surface area (Å²) in [5, 5.41) is 0. The van der Waals surface area contributed by atoms with E-state index in [1.165, 1.54) is 4.90 Å². The van der Waals surface area contributed by atoms with Crippen LogP contribution in [0.25, 0.3) is 0 Å². The van der Waals surface area contributed by atoms with Gasteiger partial charge >= 0.3 is 5.97 Å². The van der Waals surface area contributed by atoms with Gasteiger partial charge in [0.05, 0.1) is 0 Å². The molecular weight excluding hydrogens is 314 g/mol. The molecule has 1 aromatic heterocycles. The molecule has 124 valence electrons. The molecule has 0 saturated heterocycles. The van der Waals surface area contributed by atoms with Crippen molar-refractivity contribution in [2.45, 2.75) is 0 Å². The molecule has 0 bridgehead atoms. The van der Waals surface area contributed by atoms with Crippen LogP contribution in [-0.2, 0) is 9.53 Å². The van der Waals surface area contributed by atoms with Crippen molar-refractivity contribution in [2.75, 3.05) is 31.9 Å². The van der Waals surface area contributed by atoms with Gasteiger partial charge in [-0.05, 0) is 24.3 Å². The number of benzene rings is 1. The molecular formula is C16H15N3O5. The minimum absolute atomic E-state index is 0.0571. The molecule has 1 aromatic carbocycles. The van der Waals surface area contributed by atoms with Gasteiger partial charge in [0.25, 0.3) is 0 Å². The van der Waals surface area contributed by atoms with E-state index >= 15 is 0 Å². The Morgan fingerprint density at radius 2 is 1.96 bits per heavy atom. The van der Waals surface area contributed by atoms with Crippen LogP contribution in [-0.4, -0.2) is 48.7 Å². The Morgan fingerprint density at radius 1 is 1.21 bits per heavy atom. The van der Waals surface area contributed by atoms with Crippen LogP contribution in [0.5, 0.6) is 11.5 Å². The first kappa shape index (κ1) is 15.7. The molecule has 0 unspecified atom stereocenters. The number of carbonyl (C=O) groups excluding carboxylic acids is 2. The molecule has 1 aliphatic rings. The Morgan fingerprint density at radius 3 is 2.75 bits per heavy atom. The van der Waals surface area contributed by atoms with Crippen LogP contribution in [0.3, 0.4) is 0 Å². The smallest absolute Gasteiger partial charge is 0.326 e. The predicted octanol–water partition coefficient (Wildman–Crippen LogP) is 1.07. The van der Waals surface area contributed by atoms with Gasteiger partial charge in [-0.15, -0.1) is 0 Å². The summed E-state index contributed by atoms with van der Waals surface area (Å²) in [6, 6.07) is 6.51. The maximum absolute atomic E-state index is 12.1. The average molecular weight is 329 g/mol. The van der Waals surface area contributed by atoms with E-state index in [1.54, 1.807) is 43.7 Å². The molecule has 0 spiro atoms. The lowest BCUT2D eigenvalue weighted by atomic mass is 10.1. The van der Waals surface area contributed by atoms with Crippen LogP contribution < -0.4 is 14.4 Å². The molecule has 0 amide bonds. The number of carbonyl (C=O) groups is 2. The number of nitrogens with zero attached hydrogens (tertiary/aromatic N) is 3. The van der Waals surface area contributed by atoms with Gasteiger partial charge in [0.1, 0.15) is 6.54 Å². The second kappa shape index (κ2) is 6.95. The van der Waals surface area contributed by atoms with Crippen molar-refractivity contribution in [2.24, 2.45) is 0 Å². The number of ether oxygens (including phenoxy) is 3. The molecule has 0 saturated carbocycles. The largest absolute Gasteiger partial charge is 0.456 e. The van der Waals surface area contributed by atoms with Crippen LogP contribution in [0.4, 0.5) is 5.95 Å². The highest BCUT2D eigenvalue weighted by Gasteiger charge is 2.18. The van der Waals surface area contributed by atoms with Crippen molar-refractivity contribution in [3.05, 3.63) is 42.2 Å². The number of fused-ring (bicyclic) bond motifs is 1. The van der Waals surface area contributed by atoms with Crippen molar-refractivity contribution in [3.8, 4) is 11.5 Å². The summed E-state index contributed by atoms with van der Waals surface area (Å²) in [5.74, 6) is 0.636. The topological polar surface area (TPSA) is 90.9 Å². The number of anilines is 1. The summed E-state index contributed by atoms with van der Waals surface area (Å²) in [4.78, 5) is 33.5. The monoisotopic (exact) mass is 329 g/mol. The fraction of sp³-hybridized carbons (Fsp3) is 0.250. The summed E-state index contributed by atoms with van der Waals surface area (Å²) in [6.45, 7) is -0.268. The molecule has 0 aliphatic carbocycles. The van der Waals surface area contributed by atoms with Crippen LogP contribution in [0, 0.1) is 0 Å². The number of ketones is 1. The fourth-order valence-corrected chi connectivity index (χ4v) is 2.10. The van der Waals surface area contributed by atoms with Crippen molar-refractivity contribution in [3.63, 3.8) is 0 Å². The van der Waals surface area contributed by atoms with E-state index in [0.29, 0.717) is 23.0 Å². The van der Waals surface area contributed by atoms with E-state index in [0.717, 1.165) is 0 Å². The van der Waals surface area contributed by atoms with Crippen molar-refractivity contribution >= 4 is 17.7 Å². The molecule has 8 heteroatoms. The molecule has 1 aliphatic heterocycles. The first-order valence-corrected chi connectivity index (χ1v) is 7.20. The van der Waals surface area contributed by atoms with Gasteiger partial charge in [-0.25, -0.2) is 9.97 Å². The van der Waals surface area contributed by atoms with E-state index in [-0.39, 0.29) is 25.7 Å². The minimum Gasteiger partial charge on any atom is -0.456 e. The van der Waals surface area contributed by atoms with Gasteiger partial charge in [-0.2, -0.15) is 0 Å². The van der Waals surface area contributed by atoms with Crippen LogP contribution >= 0.6 is 0 Å². The summed E-state index contributed by atoms with van der Waals surface area (Å²) in [7, 11) is 1.66. The van der Waals surface area contributed by atoms with E-state index < -0.39 is 5.97 Å². The lowest BCUT2D eigenvalue weighted by Gasteiger charge is -2.15. The maximum Gasteiger partial charge on any atom is 0.326 e.